The summed E-state index contributed by atoms with van der Waals surface area (Å²) in [5, 5.41) is 0. The topological polar surface area (TPSA) is 158 Å². The smallest absolute Gasteiger partial charge is 0.330 e. The predicted octanol–water partition coefficient (Wildman–Crippen LogP) is 8.11. The van der Waals surface area contributed by atoms with E-state index in [0.717, 1.165) is 37.3 Å². The van der Waals surface area contributed by atoms with E-state index in [-0.39, 0.29) is 40.8 Å². The van der Waals surface area contributed by atoms with Crippen LogP contribution < -0.4 is 23.7 Å². The maximum absolute atomic E-state index is 13.0. The summed E-state index contributed by atoms with van der Waals surface area (Å²) in [7, 11) is 0. The molecule has 0 spiro atoms. The van der Waals surface area contributed by atoms with Crippen molar-refractivity contribution in [2.24, 2.45) is 23.7 Å². The summed E-state index contributed by atoms with van der Waals surface area (Å²) in [5.74, 6) is -1.80. The van der Waals surface area contributed by atoms with Gasteiger partial charge in [-0.15, -0.1) is 0 Å². The largest absolute Gasteiger partial charge is 0.494 e. The van der Waals surface area contributed by atoms with Gasteiger partial charge in [-0.25, -0.2) is 4.79 Å². The van der Waals surface area contributed by atoms with Crippen molar-refractivity contribution in [1.82, 2.24) is 0 Å². The van der Waals surface area contributed by atoms with Crippen LogP contribution in [0, 0.1) is 30.6 Å². The molecular weight excluding hydrogens is 732 g/mol. The number of ether oxygens (including phenoxy) is 6. The lowest BCUT2D eigenvalue weighted by Gasteiger charge is -2.26. The van der Waals surface area contributed by atoms with Crippen LogP contribution in [-0.4, -0.2) is 49.3 Å². The van der Waals surface area contributed by atoms with Gasteiger partial charge in [-0.1, -0.05) is 24.3 Å². The van der Waals surface area contributed by atoms with Gasteiger partial charge < -0.3 is 28.4 Å². The zero-order valence-electron chi connectivity index (χ0n) is 32.3. The van der Waals surface area contributed by atoms with Gasteiger partial charge in [0.25, 0.3) is 0 Å². The van der Waals surface area contributed by atoms with Crippen molar-refractivity contribution in [1.29, 1.82) is 0 Å². The number of hydrogen-bond acceptors (Lipinski definition) is 12. The molecule has 0 atom stereocenters. The highest BCUT2D eigenvalue weighted by molar-refractivity contribution is 5.85. The third-order valence-electron chi connectivity index (χ3n) is 10.3. The first-order chi connectivity index (χ1) is 27.6. The maximum Gasteiger partial charge on any atom is 0.330 e. The second-order valence-corrected chi connectivity index (χ2v) is 14.5. The minimum absolute atomic E-state index is 0.0610. The fraction of sp³-hybridized carbons (Fsp3) is 0.422. The van der Waals surface area contributed by atoms with Gasteiger partial charge in [0.15, 0.2) is 6.29 Å². The lowest BCUT2D eigenvalue weighted by atomic mass is 9.82. The standard InChI is InChI=1S/C45H50O12/c1-3-41(47)53-27-7-5-4-6-26-52-36-20-22-38(23-21-36)55-43(49)31-10-12-33(13-11-31)44(50)56-39-24-25-40(35(28-39)29-46)57-45(51)34-16-14-32(15-17-34)42(48)54-37-18-8-30(2)9-19-37/h3,8-9,18-25,28-29,31-34H,1,4-7,10-17,26-27H2,2H3/t31-,32-,33-,34-. The molecule has 0 amide bonds. The molecule has 0 unspecified atom stereocenters. The minimum atomic E-state index is -0.490. The van der Waals surface area contributed by atoms with Crippen molar-refractivity contribution >= 4 is 36.1 Å². The second-order valence-electron chi connectivity index (χ2n) is 14.5. The van der Waals surface area contributed by atoms with Gasteiger partial charge in [0, 0.05) is 6.08 Å². The average molecular weight is 783 g/mol. The SMILES string of the molecule is C=CC(=O)OCCCCCCOc1ccc(OC(=O)[C@H]2CC[C@H](C(=O)Oc3ccc(OC(=O)[C@H]4CC[C@H](C(=O)Oc5ccc(C)cc5)CC4)c(C=O)c3)CC2)cc1. The molecule has 3 aromatic carbocycles. The summed E-state index contributed by atoms with van der Waals surface area (Å²) in [4.78, 5) is 74.5. The molecule has 12 heteroatoms. The van der Waals surface area contributed by atoms with Crippen LogP contribution in [0.5, 0.6) is 28.7 Å². The van der Waals surface area contributed by atoms with E-state index in [1.165, 1.54) is 18.2 Å². The summed E-state index contributed by atoms with van der Waals surface area (Å²) in [6.07, 6.45) is 8.84. The average Bonchev–Trinajstić information content (AvgIpc) is 3.23. The Morgan fingerprint density at radius 2 is 0.982 bits per heavy atom. The predicted molar refractivity (Wildman–Crippen MR) is 208 cm³/mol. The number of unbranched alkanes of at least 4 members (excludes halogenated alkanes) is 3. The van der Waals surface area contributed by atoms with Gasteiger partial charge in [-0.3, -0.25) is 24.0 Å². The van der Waals surface area contributed by atoms with Crippen molar-refractivity contribution in [2.75, 3.05) is 13.2 Å². The lowest BCUT2D eigenvalue weighted by Crippen LogP contribution is -2.30. The van der Waals surface area contributed by atoms with Crippen LogP contribution in [0.25, 0.3) is 0 Å². The first kappa shape index (κ1) is 42.4. The van der Waals surface area contributed by atoms with Crippen LogP contribution in [-0.2, 0) is 28.7 Å². The van der Waals surface area contributed by atoms with Crippen molar-refractivity contribution in [3.8, 4) is 28.7 Å². The normalized spacial score (nSPS) is 19.0. The zero-order chi connectivity index (χ0) is 40.6. The van der Waals surface area contributed by atoms with E-state index in [1.807, 2.05) is 19.1 Å². The number of carbonyl (C=O) groups excluding carboxylic acids is 6. The van der Waals surface area contributed by atoms with E-state index in [0.29, 0.717) is 88.1 Å². The van der Waals surface area contributed by atoms with Gasteiger partial charge in [0.05, 0.1) is 42.4 Å². The summed E-state index contributed by atoms with van der Waals surface area (Å²) in [5.41, 5.74) is 1.13. The van der Waals surface area contributed by atoms with Crippen molar-refractivity contribution in [3.63, 3.8) is 0 Å². The highest BCUT2D eigenvalue weighted by Gasteiger charge is 2.34. The molecule has 0 bridgehead atoms. The number of rotatable bonds is 18. The molecule has 2 fully saturated rings. The highest BCUT2D eigenvalue weighted by atomic mass is 16.6. The minimum Gasteiger partial charge on any atom is -0.494 e. The third-order valence-corrected chi connectivity index (χ3v) is 10.3. The molecule has 302 valence electrons. The Balaban J connectivity index is 0.986. The molecule has 2 saturated carbocycles. The van der Waals surface area contributed by atoms with Gasteiger partial charge >= 0.3 is 29.8 Å². The molecule has 2 aliphatic rings. The Kier molecular flexibility index (Phi) is 16.0. The number of esters is 5. The first-order valence-electron chi connectivity index (χ1n) is 19.7. The molecule has 2 aliphatic carbocycles. The Hall–Kier alpha value is -5.78. The Morgan fingerprint density at radius 1 is 0.561 bits per heavy atom. The number of aryl methyl sites for hydroxylation is 1. The van der Waals surface area contributed by atoms with Gasteiger partial charge in [0.2, 0.25) is 0 Å². The van der Waals surface area contributed by atoms with Gasteiger partial charge in [-0.05, 0) is 139 Å². The fourth-order valence-electron chi connectivity index (χ4n) is 6.88. The van der Waals surface area contributed by atoms with Gasteiger partial charge in [0.1, 0.15) is 28.7 Å². The zero-order valence-corrected chi connectivity index (χ0v) is 32.3. The van der Waals surface area contributed by atoms with Crippen molar-refractivity contribution < 1.29 is 57.2 Å². The van der Waals surface area contributed by atoms with E-state index in [4.69, 9.17) is 28.4 Å². The van der Waals surface area contributed by atoms with Crippen molar-refractivity contribution in [3.05, 3.63) is 90.5 Å². The molecule has 12 nitrogen and oxygen atoms in total. The van der Waals surface area contributed by atoms with E-state index in [2.05, 4.69) is 6.58 Å². The number of aldehydes is 1. The molecule has 0 heterocycles. The number of benzene rings is 3. The molecule has 0 N–H and O–H groups in total. The molecule has 3 aromatic rings. The van der Waals surface area contributed by atoms with Crippen LogP contribution in [0.1, 0.15) is 93.0 Å². The summed E-state index contributed by atoms with van der Waals surface area (Å²) in [6, 6.07) is 18.4. The molecule has 57 heavy (non-hydrogen) atoms. The summed E-state index contributed by atoms with van der Waals surface area (Å²) in [6.45, 7) is 6.23. The quantitative estimate of drug-likeness (QED) is 0.0402. The molecule has 0 aliphatic heterocycles. The van der Waals surface area contributed by atoms with Crippen LogP contribution in [0.15, 0.2) is 79.4 Å². The molecule has 5 rings (SSSR count). The third kappa shape index (κ3) is 13.2. The lowest BCUT2D eigenvalue weighted by molar-refractivity contribution is -0.145. The van der Waals surface area contributed by atoms with E-state index in [9.17, 15) is 28.8 Å². The molecule has 0 saturated heterocycles. The monoisotopic (exact) mass is 782 g/mol. The first-order valence-corrected chi connectivity index (χ1v) is 19.7. The molecule has 0 radical (unpaired) electrons. The molecular formula is C45H50O12. The fourth-order valence-corrected chi connectivity index (χ4v) is 6.88. The van der Waals surface area contributed by atoms with Crippen molar-refractivity contribution in [2.45, 2.75) is 84.0 Å². The number of hydrogen-bond donors (Lipinski definition) is 0. The Bertz CT molecular complexity index is 1850. The molecule has 0 aromatic heterocycles. The van der Waals surface area contributed by atoms with Gasteiger partial charge in [-0.2, -0.15) is 0 Å². The van der Waals surface area contributed by atoms with E-state index in [1.54, 1.807) is 36.4 Å². The van der Waals surface area contributed by atoms with Crippen LogP contribution in [0.4, 0.5) is 0 Å². The Labute approximate surface area is 332 Å². The van der Waals surface area contributed by atoms with Crippen LogP contribution in [0.3, 0.4) is 0 Å². The maximum atomic E-state index is 13.0. The summed E-state index contributed by atoms with van der Waals surface area (Å²) >= 11 is 0. The second kappa shape index (κ2) is 21.5. The van der Waals surface area contributed by atoms with E-state index >= 15 is 0 Å². The van der Waals surface area contributed by atoms with E-state index < -0.39 is 29.7 Å². The number of carbonyl (C=O) groups is 6. The van der Waals surface area contributed by atoms with Crippen LogP contribution >= 0.6 is 0 Å². The highest BCUT2D eigenvalue weighted by Crippen LogP contribution is 2.34. The van der Waals surface area contributed by atoms with Crippen LogP contribution in [0.2, 0.25) is 0 Å². The summed E-state index contributed by atoms with van der Waals surface area (Å²) < 4.78 is 33.0. The Morgan fingerprint density at radius 3 is 1.47 bits per heavy atom.